The summed E-state index contributed by atoms with van der Waals surface area (Å²) in [5, 5.41) is 2.19. The number of carbonyl (C=O) groups is 1. The van der Waals surface area contributed by atoms with E-state index in [0.717, 1.165) is 40.6 Å². The van der Waals surface area contributed by atoms with Crippen LogP contribution < -0.4 is 24.8 Å². The van der Waals surface area contributed by atoms with Crippen LogP contribution in [-0.4, -0.2) is 33.7 Å². The summed E-state index contributed by atoms with van der Waals surface area (Å²) in [5.74, 6) is 0.878. The maximum absolute atomic E-state index is 12.2. The second-order valence-electron chi connectivity index (χ2n) is 4.52. The van der Waals surface area contributed by atoms with Crippen LogP contribution in [0.3, 0.4) is 0 Å². The lowest BCUT2D eigenvalue weighted by atomic mass is 10.1. The Bertz CT molecular complexity index is 646. The van der Waals surface area contributed by atoms with E-state index >= 15 is 0 Å². The number of rotatable bonds is 1. The molecule has 4 nitrogen and oxygen atoms in total. The fourth-order valence-corrected chi connectivity index (χ4v) is 2.72. The Balaban J connectivity index is 2.53. The largest absolute Gasteiger partial charge is 0.495 e. The van der Waals surface area contributed by atoms with Gasteiger partial charge in [-0.05, 0) is 6.07 Å². The number of carbonyl (C=O) groups excluding carboxylic acids is 1. The average molecular weight is 231 g/mol. The molecule has 0 aromatic heterocycles. The molecule has 0 bridgehead atoms. The van der Waals surface area contributed by atoms with Gasteiger partial charge in [0.1, 0.15) is 25.0 Å². The number of methoxy groups -OCH3 is 1. The Morgan fingerprint density at radius 3 is 2.88 bits per heavy atom. The summed E-state index contributed by atoms with van der Waals surface area (Å²) in [5.41, 5.74) is 1.84. The molecule has 2 heterocycles. The fourth-order valence-electron chi connectivity index (χ4n) is 2.72. The van der Waals surface area contributed by atoms with Gasteiger partial charge >= 0.3 is 0 Å². The first-order valence-corrected chi connectivity index (χ1v) is 5.71. The SMILES string of the molecule is COc1ccc2c3c1N(C)C(=O)C=3CC[N+]=2C. The first-order valence-electron chi connectivity index (χ1n) is 5.71. The first-order chi connectivity index (χ1) is 8.15. The second-order valence-corrected chi connectivity index (χ2v) is 4.52. The Kier molecular flexibility index (Phi) is 2.02. The molecule has 0 radical (unpaired) electrons. The number of nitrogens with zero attached hydrogens (tertiary/aromatic N) is 2. The summed E-state index contributed by atoms with van der Waals surface area (Å²) in [4.78, 5) is 13.9. The van der Waals surface area contributed by atoms with Gasteiger partial charge in [-0.3, -0.25) is 4.79 Å². The molecule has 88 valence electrons. The molecule has 0 saturated heterocycles. The maximum Gasteiger partial charge on any atom is 0.255 e. The van der Waals surface area contributed by atoms with E-state index in [-0.39, 0.29) is 5.91 Å². The minimum absolute atomic E-state index is 0.110. The molecule has 0 N–H and O–H groups in total. The molecule has 1 aromatic rings. The Hall–Kier alpha value is -1.84. The van der Waals surface area contributed by atoms with Crippen LogP contribution in [0.15, 0.2) is 12.1 Å². The van der Waals surface area contributed by atoms with Gasteiger partial charge in [0, 0.05) is 25.1 Å². The molecular formula is C13H15N2O2+. The zero-order chi connectivity index (χ0) is 12.2. The van der Waals surface area contributed by atoms with Crippen molar-refractivity contribution >= 4 is 17.2 Å². The van der Waals surface area contributed by atoms with Crippen LogP contribution in [0.4, 0.5) is 5.69 Å². The van der Waals surface area contributed by atoms with Gasteiger partial charge in [0.25, 0.3) is 5.91 Å². The highest BCUT2D eigenvalue weighted by molar-refractivity contribution is 6.25. The van der Waals surface area contributed by atoms with Crippen molar-refractivity contribution in [1.29, 1.82) is 0 Å². The van der Waals surface area contributed by atoms with Crippen LogP contribution in [0, 0.1) is 0 Å². The third kappa shape index (κ3) is 1.18. The summed E-state index contributed by atoms with van der Waals surface area (Å²) < 4.78 is 7.55. The topological polar surface area (TPSA) is 32.5 Å². The van der Waals surface area contributed by atoms with Crippen LogP contribution in [0.25, 0.3) is 5.57 Å². The van der Waals surface area contributed by atoms with E-state index in [9.17, 15) is 4.79 Å². The molecule has 0 aliphatic carbocycles. The first kappa shape index (κ1) is 10.3. The number of ether oxygens (including phenoxy) is 1. The number of hydrogen-bond acceptors (Lipinski definition) is 2. The van der Waals surface area contributed by atoms with E-state index in [4.69, 9.17) is 4.74 Å². The Morgan fingerprint density at radius 2 is 2.18 bits per heavy atom. The Morgan fingerprint density at radius 1 is 1.41 bits per heavy atom. The third-order valence-corrected chi connectivity index (χ3v) is 3.65. The van der Waals surface area contributed by atoms with Crippen molar-refractivity contribution in [2.45, 2.75) is 6.42 Å². The fraction of sp³-hybridized carbons (Fsp3) is 0.385. The Labute approximate surface area is 99.4 Å². The zero-order valence-corrected chi connectivity index (χ0v) is 10.3. The monoisotopic (exact) mass is 231 g/mol. The molecule has 0 unspecified atom stereocenters. The second kappa shape index (κ2) is 3.32. The normalized spacial score (nSPS) is 17.6. The smallest absolute Gasteiger partial charge is 0.255 e. The average Bonchev–Trinajstić information content (AvgIpc) is 2.60. The molecule has 0 fully saturated rings. The molecule has 4 heteroatoms. The minimum Gasteiger partial charge on any atom is -0.495 e. The molecule has 1 amide bonds. The molecule has 2 aliphatic heterocycles. The van der Waals surface area contributed by atoms with Gasteiger partial charge in [-0.1, -0.05) is 0 Å². The maximum atomic E-state index is 12.2. The van der Waals surface area contributed by atoms with Crippen LogP contribution in [-0.2, 0) is 4.79 Å². The van der Waals surface area contributed by atoms with Crippen molar-refractivity contribution in [3.8, 4) is 5.75 Å². The van der Waals surface area contributed by atoms with E-state index in [1.54, 1.807) is 12.0 Å². The summed E-state index contributed by atoms with van der Waals surface area (Å²) in [6, 6.07) is 3.96. The van der Waals surface area contributed by atoms with E-state index in [2.05, 4.69) is 11.6 Å². The molecular weight excluding hydrogens is 216 g/mol. The third-order valence-electron chi connectivity index (χ3n) is 3.65. The molecule has 0 spiro atoms. The standard InChI is InChI=1S/C13H15N2O2/c1-14-7-6-8-11-9(14)4-5-10(17-3)12(11)15(2)13(8)16/h4-5H,6-7H2,1-3H3/q+1. The van der Waals surface area contributed by atoms with Gasteiger partial charge in [-0.15, -0.1) is 0 Å². The molecule has 0 atom stereocenters. The minimum atomic E-state index is 0.110. The van der Waals surface area contributed by atoms with E-state index in [0.29, 0.717) is 0 Å². The van der Waals surface area contributed by atoms with E-state index < -0.39 is 0 Å². The quantitative estimate of drug-likeness (QED) is 0.602. The number of hydrogen-bond donors (Lipinski definition) is 0. The zero-order valence-electron chi connectivity index (χ0n) is 10.3. The lowest BCUT2D eigenvalue weighted by Gasteiger charge is -2.13. The van der Waals surface area contributed by atoms with Crippen molar-refractivity contribution in [1.82, 2.24) is 4.58 Å². The molecule has 17 heavy (non-hydrogen) atoms. The molecule has 0 saturated carbocycles. The van der Waals surface area contributed by atoms with E-state index in [1.807, 2.05) is 19.2 Å². The number of anilines is 1. The summed E-state index contributed by atoms with van der Waals surface area (Å²) >= 11 is 0. The van der Waals surface area contributed by atoms with Crippen molar-refractivity contribution in [2.75, 3.05) is 32.6 Å². The van der Waals surface area contributed by atoms with Gasteiger partial charge in [0.05, 0.1) is 12.3 Å². The summed E-state index contributed by atoms with van der Waals surface area (Å²) in [6.07, 6.45) is 0.812. The summed E-state index contributed by atoms with van der Waals surface area (Å²) in [6.45, 7) is 0.897. The van der Waals surface area contributed by atoms with Gasteiger partial charge in [-0.2, -0.15) is 0 Å². The van der Waals surface area contributed by atoms with Crippen molar-refractivity contribution in [3.63, 3.8) is 0 Å². The van der Waals surface area contributed by atoms with Crippen LogP contribution >= 0.6 is 0 Å². The molecule has 1 aromatic carbocycles. The lowest BCUT2D eigenvalue weighted by molar-refractivity contribution is -0.113. The van der Waals surface area contributed by atoms with Gasteiger partial charge in [0.2, 0.25) is 5.36 Å². The highest BCUT2D eigenvalue weighted by Crippen LogP contribution is 2.29. The predicted molar refractivity (Wildman–Crippen MR) is 65.7 cm³/mol. The lowest BCUT2D eigenvalue weighted by Crippen LogP contribution is -2.42. The predicted octanol–water partition coefficient (Wildman–Crippen LogP) is -0.653. The van der Waals surface area contributed by atoms with Gasteiger partial charge in [-0.25, -0.2) is 4.58 Å². The van der Waals surface area contributed by atoms with Gasteiger partial charge < -0.3 is 9.64 Å². The molecule has 3 rings (SSSR count). The highest BCUT2D eigenvalue weighted by Gasteiger charge is 2.33. The van der Waals surface area contributed by atoms with Crippen LogP contribution in [0.1, 0.15) is 6.42 Å². The van der Waals surface area contributed by atoms with E-state index in [1.165, 1.54) is 0 Å². The van der Waals surface area contributed by atoms with Crippen LogP contribution in [0.5, 0.6) is 5.75 Å². The number of benzene rings is 1. The van der Waals surface area contributed by atoms with Crippen molar-refractivity contribution in [2.24, 2.45) is 0 Å². The number of amides is 1. The van der Waals surface area contributed by atoms with Gasteiger partial charge in [0.15, 0.2) is 0 Å². The molecule has 2 aliphatic rings. The van der Waals surface area contributed by atoms with Crippen molar-refractivity contribution in [3.05, 3.63) is 22.7 Å². The van der Waals surface area contributed by atoms with Crippen molar-refractivity contribution < 1.29 is 9.53 Å². The van der Waals surface area contributed by atoms with Crippen LogP contribution in [0.2, 0.25) is 0 Å². The summed E-state index contributed by atoms with van der Waals surface area (Å²) in [7, 11) is 5.51. The highest BCUT2D eigenvalue weighted by atomic mass is 16.5.